The predicted molar refractivity (Wildman–Crippen MR) is 119 cm³/mol. The minimum Gasteiger partial charge on any atom is -0.481 e. The molecule has 8 nitrogen and oxygen atoms in total. The first-order valence-corrected chi connectivity index (χ1v) is 10.6. The fraction of sp³-hybridized carbons (Fsp3) is 0.391. The van der Waals surface area contributed by atoms with Gasteiger partial charge in [0.1, 0.15) is 5.75 Å². The highest BCUT2D eigenvalue weighted by atomic mass is 16.5. The summed E-state index contributed by atoms with van der Waals surface area (Å²) < 4.78 is 7.61. The van der Waals surface area contributed by atoms with Crippen LogP contribution in [-0.4, -0.2) is 63.1 Å². The average Bonchev–Trinajstić information content (AvgIpc) is 3.06. The van der Waals surface area contributed by atoms with Crippen molar-refractivity contribution in [1.29, 1.82) is 0 Å². The fourth-order valence-electron chi connectivity index (χ4n) is 3.71. The predicted octanol–water partition coefficient (Wildman–Crippen LogP) is 2.70. The number of nitrogens with zero attached hydrogens (tertiary/aromatic N) is 6. The molecule has 0 spiro atoms. The van der Waals surface area contributed by atoms with Crippen LogP contribution in [0.15, 0.2) is 42.5 Å². The lowest BCUT2D eigenvalue weighted by molar-refractivity contribution is -0.138. The van der Waals surface area contributed by atoms with E-state index in [4.69, 9.17) is 4.74 Å². The molecule has 0 bridgehead atoms. The SMILES string of the molecule is Cc1nn(-c2ccc(N3CCN(C(=O)C(C)Oc4ccccc4)CC3)nn2)c(C)c1C. The van der Waals surface area contributed by atoms with Gasteiger partial charge in [0, 0.05) is 31.9 Å². The molecule has 0 radical (unpaired) electrons. The topological polar surface area (TPSA) is 76.4 Å². The van der Waals surface area contributed by atoms with Crippen LogP contribution < -0.4 is 9.64 Å². The molecular weight excluding hydrogens is 392 g/mol. The molecule has 8 heteroatoms. The van der Waals surface area contributed by atoms with Gasteiger partial charge in [0.25, 0.3) is 5.91 Å². The van der Waals surface area contributed by atoms with Crippen LogP contribution in [-0.2, 0) is 4.79 Å². The summed E-state index contributed by atoms with van der Waals surface area (Å²) in [4.78, 5) is 16.8. The summed E-state index contributed by atoms with van der Waals surface area (Å²) in [7, 11) is 0. The molecule has 1 atom stereocenters. The number of piperazine rings is 1. The molecule has 4 rings (SSSR count). The van der Waals surface area contributed by atoms with E-state index in [-0.39, 0.29) is 5.91 Å². The van der Waals surface area contributed by atoms with Crippen LogP contribution in [0.4, 0.5) is 5.82 Å². The molecule has 162 valence electrons. The number of aromatic nitrogens is 4. The lowest BCUT2D eigenvalue weighted by atomic mass is 10.2. The number of hydrogen-bond donors (Lipinski definition) is 0. The Morgan fingerprint density at radius 2 is 1.58 bits per heavy atom. The molecule has 1 aliphatic rings. The summed E-state index contributed by atoms with van der Waals surface area (Å²) in [6, 6.07) is 13.3. The number of aryl methyl sites for hydroxylation is 1. The van der Waals surface area contributed by atoms with E-state index in [1.54, 1.807) is 6.92 Å². The van der Waals surface area contributed by atoms with Gasteiger partial charge in [0.2, 0.25) is 0 Å². The van der Waals surface area contributed by atoms with E-state index in [1.165, 1.54) is 0 Å². The number of para-hydroxylation sites is 1. The Morgan fingerprint density at radius 3 is 2.16 bits per heavy atom. The Kier molecular flexibility index (Phi) is 5.88. The molecule has 1 fully saturated rings. The van der Waals surface area contributed by atoms with Crippen molar-refractivity contribution in [3.8, 4) is 11.6 Å². The van der Waals surface area contributed by atoms with Crippen molar-refractivity contribution in [3.63, 3.8) is 0 Å². The molecule has 1 unspecified atom stereocenters. The van der Waals surface area contributed by atoms with Crippen molar-refractivity contribution in [2.75, 3.05) is 31.1 Å². The van der Waals surface area contributed by atoms with E-state index in [0.29, 0.717) is 37.7 Å². The number of amides is 1. The fourth-order valence-corrected chi connectivity index (χ4v) is 3.71. The maximum absolute atomic E-state index is 12.8. The molecule has 2 aromatic heterocycles. The van der Waals surface area contributed by atoms with Gasteiger partial charge in [-0.15, -0.1) is 10.2 Å². The Bertz CT molecular complexity index is 1040. The van der Waals surface area contributed by atoms with Crippen molar-refractivity contribution in [2.45, 2.75) is 33.8 Å². The first kappa shape index (κ1) is 20.8. The van der Waals surface area contributed by atoms with E-state index < -0.39 is 6.10 Å². The maximum atomic E-state index is 12.8. The zero-order valence-corrected chi connectivity index (χ0v) is 18.4. The van der Waals surface area contributed by atoms with Crippen molar-refractivity contribution >= 4 is 11.7 Å². The van der Waals surface area contributed by atoms with Gasteiger partial charge < -0.3 is 14.5 Å². The van der Waals surface area contributed by atoms with Gasteiger partial charge in [-0.05, 0) is 57.5 Å². The van der Waals surface area contributed by atoms with E-state index in [0.717, 1.165) is 22.8 Å². The quantitative estimate of drug-likeness (QED) is 0.632. The van der Waals surface area contributed by atoms with Crippen LogP contribution in [0.1, 0.15) is 23.9 Å². The summed E-state index contributed by atoms with van der Waals surface area (Å²) >= 11 is 0. The van der Waals surface area contributed by atoms with Crippen molar-refractivity contribution in [1.82, 2.24) is 24.9 Å². The first-order chi connectivity index (χ1) is 14.9. The summed E-state index contributed by atoms with van der Waals surface area (Å²) in [5.41, 5.74) is 3.23. The summed E-state index contributed by atoms with van der Waals surface area (Å²) in [5, 5.41) is 13.3. The third-order valence-corrected chi connectivity index (χ3v) is 5.83. The molecule has 3 aromatic rings. The van der Waals surface area contributed by atoms with Gasteiger partial charge in [0.05, 0.1) is 5.69 Å². The molecule has 1 amide bonds. The Labute approximate surface area is 182 Å². The van der Waals surface area contributed by atoms with Gasteiger partial charge in [-0.1, -0.05) is 18.2 Å². The number of anilines is 1. The first-order valence-electron chi connectivity index (χ1n) is 10.6. The highest BCUT2D eigenvalue weighted by Gasteiger charge is 2.26. The molecule has 1 aromatic carbocycles. The monoisotopic (exact) mass is 420 g/mol. The third kappa shape index (κ3) is 4.38. The van der Waals surface area contributed by atoms with Crippen LogP contribution in [0.25, 0.3) is 5.82 Å². The molecule has 31 heavy (non-hydrogen) atoms. The van der Waals surface area contributed by atoms with Crippen molar-refractivity contribution < 1.29 is 9.53 Å². The van der Waals surface area contributed by atoms with Crippen LogP contribution in [0, 0.1) is 20.8 Å². The zero-order chi connectivity index (χ0) is 22.0. The number of rotatable bonds is 5. The third-order valence-electron chi connectivity index (χ3n) is 5.83. The minimum absolute atomic E-state index is 0.00447. The van der Waals surface area contributed by atoms with E-state index in [9.17, 15) is 4.79 Å². The van der Waals surface area contributed by atoms with E-state index in [1.807, 2.05) is 65.9 Å². The Hall–Kier alpha value is -3.42. The second kappa shape index (κ2) is 8.75. The van der Waals surface area contributed by atoms with Crippen LogP contribution in [0.3, 0.4) is 0 Å². The number of ether oxygens (including phenoxy) is 1. The minimum atomic E-state index is -0.516. The van der Waals surface area contributed by atoms with Gasteiger partial charge in [0.15, 0.2) is 17.7 Å². The van der Waals surface area contributed by atoms with Crippen LogP contribution in [0.5, 0.6) is 5.75 Å². The number of benzene rings is 1. The highest BCUT2D eigenvalue weighted by molar-refractivity contribution is 5.81. The van der Waals surface area contributed by atoms with Crippen LogP contribution in [0.2, 0.25) is 0 Å². The molecular formula is C23H28N6O2. The second-order valence-electron chi connectivity index (χ2n) is 7.84. The van der Waals surface area contributed by atoms with Crippen molar-refractivity contribution in [2.24, 2.45) is 0 Å². The largest absolute Gasteiger partial charge is 0.481 e. The Morgan fingerprint density at radius 1 is 0.935 bits per heavy atom. The second-order valence-corrected chi connectivity index (χ2v) is 7.84. The van der Waals surface area contributed by atoms with E-state index in [2.05, 4.69) is 27.1 Å². The molecule has 1 saturated heterocycles. The maximum Gasteiger partial charge on any atom is 0.263 e. The summed E-state index contributed by atoms with van der Waals surface area (Å²) in [5.74, 6) is 2.22. The Balaban J connectivity index is 1.35. The molecule has 0 aliphatic carbocycles. The zero-order valence-electron chi connectivity index (χ0n) is 18.4. The molecule has 0 N–H and O–H groups in total. The van der Waals surface area contributed by atoms with Gasteiger partial charge in [-0.3, -0.25) is 4.79 Å². The molecule has 1 aliphatic heterocycles. The number of hydrogen-bond acceptors (Lipinski definition) is 6. The van der Waals surface area contributed by atoms with Gasteiger partial charge in [-0.2, -0.15) is 5.10 Å². The normalized spacial score (nSPS) is 15.1. The lowest BCUT2D eigenvalue weighted by Crippen LogP contribution is -2.52. The summed E-state index contributed by atoms with van der Waals surface area (Å²) in [6.45, 7) is 10.5. The number of carbonyl (C=O) groups is 1. The number of carbonyl (C=O) groups excluding carboxylic acids is 1. The molecule has 0 saturated carbocycles. The van der Waals surface area contributed by atoms with Crippen molar-refractivity contribution in [3.05, 3.63) is 59.4 Å². The standard InChI is InChI=1S/C23H28N6O2/c1-16-17(2)26-29(18(16)3)22-11-10-21(24-25-22)27-12-14-28(15-13-27)23(30)19(4)31-20-8-6-5-7-9-20/h5-11,19H,12-15H2,1-4H3. The smallest absolute Gasteiger partial charge is 0.263 e. The molecule has 3 heterocycles. The van der Waals surface area contributed by atoms with E-state index >= 15 is 0 Å². The van der Waals surface area contributed by atoms with Gasteiger partial charge in [-0.25, -0.2) is 4.68 Å². The van der Waals surface area contributed by atoms with Gasteiger partial charge >= 0.3 is 0 Å². The summed E-state index contributed by atoms with van der Waals surface area (Å²) in [6.07, 6.45) is -0.516. The van der Waals surface area contributed by atoms with Crippen LogP contribution >= 0.6 is 0 Å². The average molecular weight is 421 g/mol. The lowest BCUT2D eigenvalue weighted by Gasteiger charge is -2.36. The highest BCUT2D eigenvalue weighted by Crippen LogP contribution is 2.18.